The molecule has 1 aliphatic rings. The van der Waals surface area contributed by atoms with Crippen LogP contribution in [0.2, 0.25) is 0 Å². The third-order valence-corrected chi connectivity index (χ3v) is 4.33. The first-order valence-electron chi connectivity index (χ1n) is 8.31. The molecule has 0 unspecified atom stereocenters. The minimum atomic E-state index is -0.798. The van der Waals surface area contributed by atoms with Crippen molar-refractivity contribution in [2.24, 2.45) is 5.73 Å². The molecule has 1 aliphatic heterocycles. The fourth-order valence-corrected chi connectivity index (χ4v) is 2.90. The van der Waals surface area contributed by atoms with Crippen molar-refractivity contribution in [1.29, 1.82) is 0 Å². The number of carbonyl (C=O) groups excluding carboxylic acids is 1. The number of carbonyl (C=O) groups is 1. The quantitative estimate of drug-likeness (QED) is 0.893. The van der Waals surface area contributed by atoms with Crippen LogP contribution in [0.1, 0.15) is 12.0 Å². The summed E-state index contributed by atoms with van der Waals surface area (Å²) in [5, 5.41) is 0. The van der Waals surface area contributed by atoms with Gasteiger partial charge in [0.05, 0.1) is 13.1 Å². The molecule has 1 saturated heterocycles. The molecular formula is C18H22FN5O. The average Bonchev–Trinajstić information content (AvgIpc) is 3.07. The number of alkyl halides is 1. The van der Waals surface area contributed by atoms with E-state index in [4.69, 9.17) is 5.73 Å². The Hall–Kier alpha value is -2.54. The summed E-state index contributed by atoms with van der Waals surface area (Å²) >= 11 is 0. The maximum absolute atomic E-state index is 13.3. The maximum Gasteiger partial charge on any atom is 0.236 e. The van der Waals surface area contributed by atoms with Crippen LogP contribution in [-0.2, 0) is 11.3 Å². The first-order chi connectivity index (χ1) is 12.1. The Morgan fingerprint density at radius 3 is 2.76 bits per heavy atom. The first kappa shape index (κ1) is 17.3. The van der Waals surface area contributed by atoms with Crippen LogP contribution >= 0.6 is 0 Å². The highest BCUT2D eigenvalue weighted by atomic mass is 19.1. The SMILES string of the molecule is CN(Cc1cccc(-c2cnc(N3CC[C@H](F)C3)nc2)c1)C(=O)CN. The van der Waals surface area contributed by atoms with Crippen LogP contribution in [0.4, 0.5) is 10.3 Å². The van der Waals surface area contributed by atoms with E-state index in [-0.39, 0.29) is 12.5 Å². The third-order valence-electron chi connectivity index (χ3n) is 4.33. The van der Waals surface area contributed by atoms with Crippen LogP contribution in [0.15, 0.2) is 36.7 Å². The molecule has 1 atom stereocenters. The van der Waals surface area contributed by atoms with Crippen molar-refractivity contribution in [3.8, 4) is 11.1 Å². The Bertz CT molecular complexity index is 737. The molecule has 7 heteroatoms. The molecule has 6 nitrogen and oxygen atoms in total. The van der Waals surface area contributed by atoms with Gasteiger partial charge in [-0.25, -0.2) is 14.4 Å². The topological polar surface area (TPSA) is 75.4 Å². The van der Waals surface area contributed by atoms with E-state index >= 15 is 0 Å². The lowest BCUT2D eigenvalue weighted by Crippen LogP contribution is -2.32. The summed E-state index contributed by atoms with van der Waals surface area (Å²) in [6, 6.07) is 7.88. The van der Waals surface area contributed by atoms with Crippen LogP contribution in [0.25, 0.3) is 11.1 Å². The molecule has 2 heterocycles. The molecule has 0 bridgehead atoms. The molecule has 2 aromatic rings. The normalized spacial score (nSPS) is 16.9. The predicted molar refractivity (Wildman–Crippen MR) is 94.7 cm³/mol. The number of likely N-dealkylation sites (N-methyl/N-ethyl adjacent to an activating group) is 1. The average molecular weight is 343 g/mol. The zero-order chi connectivity index (χ0) is 17.8. The Labute approximate surface area is 146 Å². The van der Waals surface area contributed by atoms with Gasteiger partial charge in [0.25, 0.3) is 0 Å². The molecule has 1 aromatic heterocycles. The Morgan fingerprint density at radius 2 is 2.12 bits per heavy atom. The van der Waals surface area contributed by atoms with Crippen LogP contribution in [0.3, 0.4) is 0 Å². The number of benzene rings is 1. The van der Waals surface area contributed by atoms with Crippen LogP contribution in [0, 0.1) is 0 Å². The van der Waals surface area contributed by atoms with Gasteiger partial charge in [-0.3, -0.25) is 4.79 Å². The Balaban J connectivity index is 1.73. The summed E-state index contributed by atoms with van der Waals surface area (Å²) in [6.45, 7) is 1.50. The smallest absolute Gasteiger partial charge is 0.236 e. The first-order valence-corrected chi connectivity index (χ1v) is 8.31. The highest BCUT2D eigenvalue weighted by Gasteiger charge is 2.23. The van der Waals surface area contributed by atoms with Gasteiger partial charge >= 0.3 is 0 Å². The number of aromatic nitrogens is 2. The molecule has 25 heavy (non-hydrogen) atoms. The van der Waals surface area contributed by atoms with Crippen LogP contribution < -0.4 is 10.6 Å². The van der Waals surface area contributed by atoms with Gasteiger partial charge in [-0.1, -0.05) is 18.2 Å². The molecule has 1 amide bonds. The number of hydrogen-bond acceptors (Lipinski definition) is 5. The van der Waals surface area contributed by atoms with Gasteiger partial charge < -0.3 is 15.5 Å². The summed E-state index contributed by atoms with van der Waals surface area (Å²) in [4.78, 5) is 23.8. The molecule has 132 valence electrons. The summed E-state index contributed by atoms with van der Waals surface area (Å²) in [7, 11) is 1.73. The maximum atomic E-state index is 13.3. The highest BCUT2D eigenvalue weighted by Crippen LogP contribution is 2.23. The second kappa shape index (κ2) is 7.57. The molecule has 0 saturated carbocycles. The number of rotatable bonds is 5. The largest absolute Gasteiger partial charge is 0.340 e. The zero-order valence-corrected chi connectivity index (χ0v) is 14.2. The summed E-state index contributed by atoms with van der Waals surface area (Å²) in [5.41, 5.74) is 8.25. The Morgan fingerprint density at radius 1 is 1.36 bits per heavy atom. The van der Waals surface area contributed by atoms with E-state index in [0.29, 0.717) is 32.0 Å². The zero-order valence-electron chi connectivity index (χ0n) is 14.2. The molecule has 0 radical (unpaired) electrons. The van der Waals surface area contributed by atoms with E-state index in [2.05, 4.69) is 9.97 Å². The molecule has 3 rings (SSSR count). The minimum Gasteiger partial charge on any atom is -0.340 e. The number of halogens is 1. The number of nitrogens with zero attached hydrogens (tertiary/aromatic N) is 4. The van der Waals surface area contributed by atoms with Crippen molar-refractivity contribution in [3.05, 3.63) is 42.2 Å². The van der Waals surface area contributed by atoms with Crippen LogP contribution in [-0.4, -0.2) is 53.6 Å². The van der Waals surface area contributed by atoms with E-state index in [1.165, 1.54) is 0 Å². The second-order valence-corrected chi connectivity index (χ2v) is 6.26. The van der Waals surface area contributed by atoms with E-state index in [0.717, 1.165) is 16.7 Å². The van der Waals surface area contributed by atoms with Crippen molar-refractivity contribution in [1.82, 2.24) is 14.9 Å². The van der Waals surface area contributed by atoms with Crippen molar-refractivity contribution < 1.29 is 9.18 Å². The predicted octanol–water partition coefficient (Wildman–Crippen LogP) is 1.61. The van der Waals surface area contributed by atoms with Crippen molar-refractivity contribution in [2.45, 2.75) is 19.1 Å². The van der Waals surface area contributed by atoms with E-state index in [1.54, 1.807) is 24.3 Å². The summed E-state index contributed by atoms with van der Waals surface area (Å²) < 4.78 is 13.3. The molecule has 1 fully saturated rings. The monoisotopic (exact) mass is 343 g/mol. The molecule has 1 aromatic carbocycles. The van der Waals surface area contributed by atoms with E-state index in [9.17, 15) is 9.18 Å². The van der Waals surface area contributed by atoms with Crippen molar-refractivity contribution >= 4 is 11.9 Å². The molecule has 0 aliphatic carbocycles. The summed E-state index contributed by atoms with van der Waals surface area (Å²) in [5.74, 6) is 0.461. The lowest BCUT2D eigenvalue weighted by Gasteiger charge is -2.17. The van der Waals surface area contributed by atoms with Gasteiger partial charge in [0.2, 0.25) is 11.9 Å². The highest BCUT2D eigenvalue weighted by molar-refractivity contribution is 5.77. The van der Waals surface area contributed by atoms with E-state index < -0.39 is 6.17 Å². The van der Waals surface area contributed by atoms with Gasteiger partial charge in [0.1, 0.15) is 6.17 Å². The van der Waals surface area contributed by atoms with Crippen LogP contribution in [0.5, 0.6) is 0 Å². The number of amides is 1. The number of anilines is 1. The van der Waals surface area contributed by atoms with Crippen molar-refractivity contribution in [2.75, 3.05) is 31.6 Å². The molecule has 2 N–H and O–H groups in total. The van der Waals surface area contributed by atoms with Crippen molar-refractivity contribution in [3.63, 3.8) is 0 Å². The number of nitrogens with two attached hydrogens (primary N) is 1. The minimum absolute atomic E-state index is 0.00172. The Kier molecular flexibility index (Phi) is 5.23. The summed E-state index contributed by atoms with van der Waals surface area (Å²) in [6.07, 6.45) is 3.24. The second-order valence-electron chi connectivity index (χ2n) is 6.26. The fraction of sp³-hybridized carbons (Fsp3) is 0.389. The molecule has 0 spiro atoms. The number of hydrogen-bond donors (Lipinski definition) is 1. The molecular weight excluding hydrogens is 321 g/mol. The van der Waals surface area contributed by atoms with Gasteiger partial charge in [-0.05, 0) is 23.6 Å². The third kappa shape index (κ3) is 4.11. The lowest BCUT2D eigenvalue weighted by atomic mass is 10.1. The standard InChI is InChI=1S/C18H22FN5O/c1-23(17(25)8-20)11-13-3-2-4-14(7-13)15-9-21-18(22-10-15)24-6-5-16(19)12-24/h2-4,7,9-10,16H,5-6,8,11-12,20H2,1H3/t16-/m0/s1. The van der Waals surface area contributed by atoms with E-state index in [1.807, 2.05) is 29.2 Å². The van der Waals surface area contributed by atoms with Gasteiger partial charge in [0.15, 0.2) is 0 Å². The fourth-order valence-electron chi connectivity index (χ4n) is 2.90. The van der Waals surface area contributed by atoms with Gasteiger partial charge in [-0.15, -0.1) is 0 Å². The lowest BCUT2D eigenvalue weighted by molar-refractivity contribution is -0.128. The van der Waals surface area contributed by atoms with Gasteiger partial charge in [0, 0.05) is 38.1 Å². The van der Waals surface area contributed by atoms with Gasteiger partial charge in [-0.2, -0.15) is 0 Å².